The summed E-state index contributed by atoms with van der Waals surface area (Å²) < 4.78 is 5.44. The molecule has 0 saturated carbocycles. The zero-order valence-electron chi connectivity index (χ0n) is 19.6. The maximum atomic E-state index is 13.5. The molecule has 2 saturated heterocycles. The molecule has 1 unspecified atom stereocenters. The van der Waals surface area contributed by atoms with Crippen LogP contribution in [0.2, 0.25) is 0 Å². The number of aryl methyl sites for hydroxylation is 1. The Morgan fingerprint density at radius 3 is 2.30 bits per heavy atom. The number of benzene rings is 2. The Bertz CT molecular complexity index is 951. The quantitative estimate of drug-likeness (QED) is 0.733. The molecule has 7 nitrogen and oxygen atoms in total. The van der Waals surface area contributed by atoms with Crippen LogP contribution in [0.5, 0.6) is 0 Å². The molecule has 2 heterocycles. The summed E-state index contributed by atoms with van der Waals surface area (Å²) in [5.74, 6) is 0.145. The number of hydrogen-bond acceptors (Lipinski definition) is 5. The number of piperazine rings is 1. The summed E-state index contributed by atoms with van der Waals surface area (Å²) in [6.45, 7) is 9.88. The van der Waals surface area contributed by atoms with Gasteiger partial charge in [-0.1, -0.05) is 42.5 Å². The lowest BCUT2D eigenvalue weighted by molar-refractivity contribution is -0.142. The molecule has 7 heteroatoms. The Kier molecular flexibility index (Phi) is 7.75. The Labute approximate surface area is 196 Å². The van der Waals surface area contributed by atoms with E-state index in [-0.39, 0.29) is 17.9 Å². The highest BCUT2D eigenvalue weighted by Gasteiger charge is 2.34. The van der Waals surface area contributed by atoms with E-state index in [4.69, 9.17) is 4.74 Å². The standard InChI is InChI=1S/C26H34N4O3/c1-20-7-6-10-23(21(20)2)27-24(31)19-28-11-13-29(14-12-28)25(22-8-4-3-5-9-22)26(32)30-15-17-33-18-16-30/h3-10,25H,11-19H2,1-2H3,(H,27,31). The molecule has 4 rings (SSSR count). The maximum Gasteiger partial charge on any atom is 0.244 e. The van der Waals surface area contributed by atoms with Crippen molar-refractivity contribution in [1.82, 2.24) is 14.7 Å². The molecular weight excluding hydrogens is 416 g/mol. The van der Waals surface area contributed by atoms with Crippen LogP contribution in [-0.4, -0.2) is 85.5 Å². The van der Waals surface area contributed by atoms with Gasteiger partial charge in [-0.05, 0) is 36.6 Å². The van der Waals surface area contributed by atoms with Gasteiger partial charge in [-0.3, -0.25) is 19.4 Å². The number of amides is 2. The number of rotatable bonds is 6. The molecule has 0 aromatic heterocycles. The van der Waals surface area contributed by atoms with Crippen LogP contribution in [0.4, 0.5) is 5.69 Å². The van der Waals surface area contributed by atoms with Crippen LogP contribution in [0.25, 0.3) is 0 Å². The molecule has 2 aliphatic heterocycles. The lowest BCUT2D eigenvalue weighted by Gasteiger charge is -2.40. The van der Waals surface area contributed by atoms with E-state index in [2.05, 4.69) is 15.1 Å². The minimum absolute atomic E-state index is 0.00107. The number of ether oxygens (including phenoxy) is 1. The molecular formula is C26H34N4O3. The molecule has 1 atom stereocenters. The van der Waals surface area contributed by atoms with Gasteiger partial charge >= 0.3 is 0 Å². The summed E-state index contributed by atoms with van der Waals surface area (Å²) in [6.07, 6.45) is 0. The summed E-state index contributed by atoms with van der Waals surface area (Å²) >= 11 is 0. The zero-order valence-corrected chi connectivity index (χ0v) is 19.6. The Morgan fingerprint density at radius 1 is 0.909 bits per heavy atom. The minimum atomic E-state index is -0.296. The SMILES string of the molecule is Cc1cccc(NC(=O)CN2CCN(C(C(=O)N3CCOCC3)c3ccccc3)CC2)c1C. The average molecular weight is 451 g/mol. The molecule has 0 radical (unpaired) electrons. The molecule has 33 heavy (non-hydrogen) atoms. The highest BCUT2D eigenvalue weighted by Crippen LogP contribution is 2.25. The van der Waals surface area contributed by atoms with Crippen LogP contribution < -0.4 is 5.32 Å². The fraction of sp³-hybridized carbons (Fsp3) is 0.462. The Morgan fingerprint density at radius 2 is 1.61 bits per heavy atom. The van der Waals surface area contributed by atoms with Crippen molar-refractivity contribution in [1.29, 1.82) is 0 Å². The predicted octanol–water partition coefficient (Wildman–Crippen LogP) is 2.46. The van der Waals surface area contributed by atoms with Gasteiger partial charge < -0.3 is 15.0 Å². The molecule has 2 aromatic rings. The summed E-state index contributed by atoms with van der Waals surface area (Å²) in [5.41, 5.74) is 4.16. The first-order chi connectivity index (χ1) is 16.0. The lowest BCUT2D eigenvalue weighted by atomic mass is 10.0. The minimum Gasteiger partial charge on any atom is -0.378 e. The number of morpholine rings is 1. The van der Waals surface area contributed by atoms with Gasteiger partial charge in [0, 0.05) is 45.0 Å². The molecule has 0 bridgehead atoms. The van der Waals surface area contributed by atoms with Crippen LogP contribution in [-0.2, 0) is 14.3 Å². The molecule has 2 aliphatic rings. The molecule has 0 aliphatic carbocycles. The third-order valence-corrected chi connectivity index (χ3v) is 6.69. The van der Waals surface area contributed by atoms with Gasteiger partial charge in [0.15, 0.2) is 0 Å². The summed E-state index contributed by atoms with van der Waals surface area (Å²) in [7, 11) is 0. The second kappa shape index (κ2) is 10.9. The predicted molar refractivity (Wildman–Crippen MR) is 129 cm³/mol. The van der Waals surface area contributed by atoms with Gasteiger partial charge in [0.25, 0.3) is 0 Å². The van der Waals surface area contributed by atoms with Crippen molar-refractivity contribution in [3.8, 4) is 0 Å². The third-order valence-electron chi connectivity index (χ3n) is 6.69. The van der Waals surface area contributed by atoms with Crippen LogP contribution in [0.15, 0.2) is 48.5 Å². The normalized spacial score (nSPS) is 18.7. The fourth-order valence-electron chi connectivity index (χ4n) is 4.56. The Hall–Kier alpha value is -2.74. The molecule has 2 amide bonds. The summed E-state index contributed by atoms with van der Waals surface area (Å²) in [6, 6.07) is 15.7. The molecule has 0 spiro atoms. The summed E-state index contributed by atoms with van der Waals surface area (Å²) in [5, 5.41) is 3.05. The molecule has 1 N–H and O–H groups in total. The van der Waals surface area contributed by atoms with Crippen molar-refractivity contribution in [2.24, 2.45) is 0 Å². The maximum absolute atomic E-state index is 13.5. The smallest absolute Gasteiger partial charge is 0.244 e. The fourth-order valence-corrected chi connectivity index (χ4v) is 4.56. The molecule has 176 valence electrons. The van der Waals surface area contributed by atoms with Gasteiger partial charge in [-0.15, -0.1) is 0 Å². The van der Waals surface area contributed by atoms with E-state index >= 15 is 0 Å². The van der Waals surface area contributed by atoms with Gasteiger partial charge in [-0.25, -0.2) is 0 Å². The second-order valence-corrected chi connectivity index (χ2v) is 8.86. The van der Waals surface area contributed by atoms with Crippen molar-refractivity contribution in [2.75, 3.05) is 64.3 Å². The van der Waals surface area contributed by atoms with Crippen molar-refractivity contribution >= 4 is 17.5 Å². The van der Waals surface area contributed by atoms with Crippen LogP contribution >= 0.6 is 0 Å². The first-order valence-corrected chi connectivity index (χ1v) is 11.8. The topological polar surface area (TPSA) is 65.1 Å². The van der Waals surface area contributed by atoms with Crippen molar-refractivity contribution in [3.63, 3.8) is 0 Å². The van der Waals surface area contributed by atoms with E-state index in [1.807, 2.05) is 67.3 Å². The number of hydrogen-bond donors (Lipinski definition) is 1. The van der Waals surface area contributed by atoms with Crippen LogP contribution in [0.1, 0.15) is 22.7 Å². The number of nitrogens with zero attached hydrogens (tertiary/aromatic N) is 3. The second-order valence-electron chi connectivity index (χ2n) is 8.86. The van der Waals surface area contributed by atoms with Gasteiger partial charge in [-0.2, -0.15) is 0 Å². The van der Waals surface area contributed by atoms with Gasteiger partial charge in [0.2, 0.25) is 11.8 Å². The van der Waals surface area contributed by atoms with E-state index in [0.29, 0.717) is 32.8 Å². The number of anilines is 1. The first kappa shape index (κ1) is 23.4. The highest BCUT2D eigenvalue weighted by molar-refractivity contribution is 5.93. The van der Waals surface area contributed by atoms with Crippen molar-refractivity contribution in [3.05, 3.63) is 65.2 Å². The van der Waals surface area contributed by atoms with Crippen LogP contribution in [0, 0.1) is 13.8 Å². The first-order valence-electron chi connectivity index (χ1n) is 11.8. The van der Waals surface area contributed by atoms with E-state index in [1.165, 1.54) is 5.56 Å². The number of carbonyl (C=O) groups is 2. The van der Waals surface area contributed by atoms with Gasteiger partial charge in [0.05, 0.1) is 19.8 Å². The number of nitrogens with one attached hydrogen (secondary N) is 1. The van der Waals surface area contributed by atoms with Crippen molar-refractivity contribution in [2.45, 2.75) is 19.9 Å². The van der Waals surface area contributed by atoms with Gasteiger partial charge in [0.1, 0.15) is 6.04 Å². The van der Waals surface area contributed by atoms with E-state index in [9.17, 15) is 9.59 Å². The Balaban J connectivity index is 1.37. The average Bonchev–Trinajstić information content (AvgIpc) is 2.84. The lowest BCUT2D eigenvalue weighted by Crippen LogP contribution is -2.53. The monoisotopic (exact) mass is 450 g/mol. The number of carbonyl (C=O) groups excluding carboxylic acids is 2. The highest BCUT2D eigenvalue weighted by atomic mass is 16.5. The van der Waals surface area contributed by atoms with Crippen molar-refractivity contribution < 1.29 is 14.3 Å². The third kappa shape index (κ3) is 5.79. The van der Waals surface area contributed by atoms with E-state index < -0.39 is 0 Å². The zero-order chi connectivity index (χ0) is 23.2. The van der Waals surface area contributed by atoms with E-state index in [1.54, 1.807) is 0 Å². The van der Waals surface area contributed by atoms with Crippen LogP contribution in [0.3, 0.4) is 0 Å². The molecule has 2 fully saturated rings. The largest absolute Gasteiger partial charge is 0.378 e. The summed E-state index contributed by atoms with van der Waals surface area (Å²) in [4.78, 5) is 32.5. The molecule has 2 aromatic carbocycles. The van der Waals surface area contributed by atoms with E-state index in [0.717, 1.165) is 43.0 Å².